The minimum atomic E-state index is 0.365. The Balaban J connectivity index is 1.84. The van der Waals surface area contributed by atoms with Gasteiger partial charge in [-0.05, 0) is 60.9 Å². The van der Waals surface area contributed by atoms with Crippen LogP contribution in [0.3, 0.4) is 0 Å². The summed E-state index contributed by atoms with van der Waals surface area (Å²) >= 11 is 1.83. The van der Waals surface area contributed by atoms with Crippen LogP contribution in [-0.2, 0) is 0 Å². The first-order valence-electron chi connectivity index (χ1n) is 7.33. The summed E-state index contributed by atoms with van der Waals surface area (Å²) in [5, 5.41) is 15.5. The van der Waals surface area contributed by atoms with E-state index in [1.807, 2.05) is 30.4 Å². The molecule has 1 aliphatic rings. The quantitative estimate of drug-likeness (QED) is 0.766. The predicted molar refractivity (Wildman–Crippen MR) is 85.5 cm³/mol. The van der Waals surface area contributed by atoms with Gasteiger partial charge in [-0.1, -0.05) is 18.9 Å². The highest BCUT2D eigenvalue weighted by Crippen LogP contribution is 2.39. The molecule has 1 aromatic carbocycles. The highest BCUT2D eigenvalue weighted by Gasteiger charge is 2.27. The van der Waals surface area contributed by atoms with E-state index in [9.17, 15) is 5.11 Å². The zero-order valence-electron chi connectivity index (χ0n) is 11.8. The summed E-state index contributed by atoms with van der Waals surface area (Å²) < 4.78 is 0. The Morgan fingerprint density at radius 3 is 2.70 bits per heavy atom. The third-order valence-corrected chi connectivity index (χ3v) is 5.20. The standard InChI is InChI=1S/C17H21NOS/c1-12-11-14(8-9-15(12)19)18-17(13-5-2-3-6-13)16-7-4-10-20-16/h4,7-11,13,17-19H,2-3,5-6H2,1H3. The fraction of sp³-hybridized carbons (Fsp3) is 0.412. The van der Waals surface area contributed by atoms with Crippen molar-refractivity contribution >= 4 is 17.0 Å². The smallest absolute Gasteiger partial charge is 0.118 e. The van der Waals surface area contributed by atoms with Gasteiger partial charge in [-0.2, -0.15) is 0 Å². The minimum Gasteiger partial charge on any atom is -0.508 e. The monoisotopic (exact) mass is 287 g/mol. The molecule has 1 atom stereocenters. The van der Waals surface area contributed by atoms with Gasteiger partial charge in [0.25, 0.3) is 0 Å². The lowest BCUT2D eigenvalue weighted by Crippen LogP contribution is -2.18. The maximum atomic E-state index is 9.65. The lowest BCUT2D eigenvalue weighted by Gasteiger charge is -2.25. The molecule has 1 aliphatic carbocycles. The number of phenolic OH excluding ortho intramolecular Hbond substituents is 1. The first-order chi connectivity index (χ1) is 9.74. The molecule has 2 nitrogen and oxygen atoms in total. The van der Waals surface area contributed by atoms with Gasteiger partial charge in [-0.15, -0.1) is 11.3 Å². The van der Waals surface area contributed by atoms with Gasteiger partial charge in [0.2, 0.25) is 0 Å². The maximum absolute atomic E-state index is 9.65. The number of thiophene rings is 1. The van der Waals surface area contributed by atoms with E-state index in [1.54, 1.807) is 6.07 Å². The van der Waals surface area contributed by atoms with E-state index in [0.717, 1.165) is 17.2 Å². The lowest BCUT2D eigenvalue weighted by molar-refractivity contribution is 0.469. The SMILES string of the molecule is Cc1cc(NC(c2cccs2)C2CCCC2)ccc1O. The number of aromatic hydroxyl groups is 1. The van der Waals surface area contributed by atoms with Crippen molar-refractivity contribution < 1.29 is 5.11 Å². The van der Waals surface area contributed by atoms with Gasteiger partial charge in [0.15, 0.2) is 0 Å². The number of anilines is 1. The highest BCUT2D eigenvalue weighted by atomic mass is 32.1. The second kappa shape index (κ2) is 5.88. The zero-order valence-corrected chi connectivity index (χ0v) is 12.6. The van der Waals surface area contributed by atoms with Crippen LogP contribution in [0.15, 0.2) is 35.7 Å². The molecule has 2 N–H and O–H groups in total. The summed E-state index contributed by atoms with van der Waals surface area (Å²) in [6.45, 7) is 1.94. The number of rotatable bonds is 4. The number of phenols is 1. The molecule has 3 rings (SSSR count). The van der Waals surface area contributed by atoms with Gasteiger partial charge in [0.05, 0.1) is 6.04 Å². The van der Waals surface area contributed by atoms with Crippen LogP contribution in [0.2, 0.25) is 0 Å². The fourth-order valence-corrected chi connectivity index (χ4v) is 3.97. The number of aryl methyl sites for hydroxylation is 1. The topological polar surface area (TPSA) is 32.3 Å². The first kappa shape index (κ1) is 13.5. The molecular formula is C17H21NOS. The van der Waals surface area contributed by atoms with E-state index in [4.69, 9.17) is 0 Å². The average molecular weight is 287 g/mol. The van der Waals surface area contributed by atoms with Crippen molar-refractivity contribution in [3.63, 3.8) is 0 Å². The molecule has 3 heteroatoms. The molecule has 0 radical (unpaired) electrons. The summed E-state index contributed by atoms with van der Waals surface area (Å²) in [5.74, 6) is 1.09. The Kier molecular flexibility index (Phi) is 3.97. The molecule has 0 amide bonds. The van der Waals surface area contributed by atoms with Crippen molar-refractivity contribution in [1.82, 2.24) is 0 Å². The van der Waals surface area contributed by atoms with Crippen LogP contribution in [0.25, 0.3) is 0 Å². The van der Waals surface area contributed by atoms with Crippen LogP contribution >= 0.6 is 11.3 Å². The van der Waals surface area contributed by atoms with E-state index < -0.39 is 0 Å². The molecule has 1 saturated carbocycles. The zero-order chi connectivity index (χ0) is 13.9. The molecule has 1 unspecified atom stereocenters. The van der Waals surface area contributed by atoms with Crippen LogP contribution in [0.4, 0.5) is 5.69 Å². The van der Waals surface area contributed by atoms with Crippen molar-refractivity contribution in [2.24, 2.45) is 5.92 Å². The van der Waals surface area contributed by atoms with E-state index in [0.29, 0.717) is 11.8 Å². The molecule has 1 fully saturated rings. The van der Waals surface area contributed by atoms with Crippen LogP contribution in [0.1, 0.15) is 42.2 Å². The fourth-order valence-electron chi connectivity index (χ4n) is 3.11. The van der Waals surface area contributed by atoms with Crippen LogP contribution in [0.5, 0.6) is 5.75 Å². The number of nitrogens with one attached hydrogen (secondary N) is 1. The molecule has 20 heavy (non-hydrogen) atoms. The van der Waals surface area contributed by atoms with E-state index >= 15 is 0 Å². The molecule has 0 aliphatic heterocycles. The van der Waals surface area contributed by atoms with Gasteiger partial charge in [0.1, 0.15) is 5.75 Å². The van der Waals surface area contributed by atoms with Crippen molar-refractivity contribution in [2.75, 3.05) is 5.32 Å². The third kappa shape index (κ3) is 2.83. The summed E-state index contributed by atoms with van der Waals surface area (Å²) in [6.07, 6.45) is 5.32. The van der Waals surface area contributed by atoms with Crippen molar-refractivity contribution in [1.29, 1.82) is 0 Å². The molecule has 0 spiro atoms. The Morgan fingerprint density at radius 1 is 1.25 bits per heavy atom. The predicted octanol–water partition coefficient (Wildman–Crippen LogP) is 5.11. The average Bonchev–Trinajstić information content (AvgIpc) is 3.12. The first-order valence-corrected chi connectivity index (χ1v) is 8.21. The van der Waals surface area contributed by atoms with Gasteiger partial charge in [-0.3, -0.25) is 0 Å². The van der Waals surface area contributed by atoms with Crippen LogP contribution in [-0.4, -0.2) is 5.11 Å². The summed E-state index contributed by atoms with van der Waals surface area (Å²) in [5.41, 5.74) is 2.02. The summed E-state index contributed by atoms with van der Waals surface area (Å²) in [6, 6.07) is 10.5. The molecule has 106 valence electrons. The molecular weight excluding hydrogens is 266 g/mol. The van der Waals surface area contributed by atoms with E-state index in [1.165, 1.54) is 30.6 Å². The van der Waals surface area contributed by atoms with Crippen LogP contribution < -0.4 is 5.32 Å². The Labute approximate surface area is 124 Å². The van der Waals surface area contributed by atoms with Crippen molar-refractivity contribution in [3.05, 3.63) is 46.2 Å². The van der Waals surface area contributed by atoms with Crippen molar-refractivity contribution in [3.8, 4) is 5.75 Å². The third-order valence-electron chi connectivity index (χ3n) is 4.24. The van der Waals surface area contributed by atoms with Gasteiger partial charge < -0.3 is 10.4 Å². The Hall–Kier alpha value is -1.48. The highest BCUT2D eigenvalue weighted by molar-refractivity contribution is 7.10. The van der Waals surface area contributed by atoms with Gasteiger partial charge in [-0.25, -0.2) is 0 Å². The molecule has 1 aromatic heterocycles. The largest absolute Gasteiger partial charge is 0.508 e. The lowest BCUT2D eigenvalue weighted by atomic mass is 9.96. The molecule has 1 heterocycles. The normalized spacial score (nSPS) is 17.2. The van der Waals surface area contributed by atoms with Crippen molar-refractivity contribution in [2.45, 2.75) is 38.6 Å². The Bertz CT molecular complexity index is 558. The maximum Gasteiger partial charge on any atom is 0.118 e. The second-order valence-corrected chi connectivity index (χ2v) is 6.66. The number of benzene rings is 1. The van der Waals surface area contributed by atoms with Crippen LogP contribution in [0, 0.1) is 12.8 Å². The summed E-state index contributed by atoms with van der Waals surface area (Å²) in [7, 11) is 0. The molecule has 2 aromatic rings. The molecule has 0 saturated heterocycles. The van der Waals surface area contributed by atoms with E-state index in [2.05, 4.69) is 22.8 Å². The van der Waals surface area contributed by atoms with Gasteiger partial charge in [0, 0.05) is 10.6 Å². The Morgan fingerprint density at radius 2 is 2.05 bits per heavy atom. The van der Waals surface area contributed by atoms with Gasteiger partial charge >= 0.3 is 0 Å². The second-order valence-electron chi connectivity index (χ2n) is 5.68. The van der Waals surface area contributed by atoms with E-state index in [-0.39, 0.29) is 0 Å². The minimum absolute atomic E-state index is 0.365. The summed E-state index contributed by atoms with van der Waals surface area (Å²) in [4.78, 5) is 1.42. The number of hydrogen-bond acceptors (Lipinski definition) is 3. The molecule has 0 bridgehead atoms. The number of hydrogen-bond donors (Lipinski definition) is 2.